The molecule has 0 fully saturated rings. The van der Waals surface area contributed by atoms with Crippen LogP contribution >= 0.6 is 11.6 Å². The summed E-state index contributed by atoms with van der Waals surface area (Å²) in [7, 11) is 1.56. The van der Waals surface area contributed by atoms with Gasteiger partial charge in [0, 0.05) is 5.02 Å². The van der Waals surface area contributed by atoms with Gasteiger partial charge in [-0.3, -0.25) is 0 Å². The van der Waals surface area contributed by atoms with Gasteiger partial charge >= 0.3 is 0 Å². The number of rotatable bonds is 2. The Kier molecular flexibility index (Phi) is 3.32. The first-order chi connectivity index (χ1) is 8.24. The van der Waals surface area contributed by atoms with Crippen LogP contribution in [0.5, 0.6) is 5.75 Å². The lowest BCUT2D eigenvalue weighted by atomic mass is 10.0. The molecule has 0 N–H and O–H groups in total. The maximum Gasteiger partial charge on any atom is 0.228 e. The number of halogens is 1. The molecule has 2 aromatic rings. The third kappa shape index (κ3) is 2.41. The second-order valence-electron chi connectivity index (χ2n) is 3.51. The molecule has 0 aliphatic rings. The van der Waals surface area contributed by atoms with E-state index in [9.17, 15) is 0 Å². The standard InChI is InChI=1S/C14H10ClNO/c1-16-13-9-11(5-8-14(13)17-2)10-3-6-12(15)7-4-10/h3-9H,2H3. The van der Waals surface area contributed by atoms with E-state index in [1.54, 1.807) is 13.2 Å². The van der Waals surface area contributed by atoms with Crippen molar-refractivity contribution in [2.45, 2.75) is 0 Å². The molecule has 17 heavy (non-hydrogen) atoms. The van der Waals surface area contributed by atoms with Gasteiger partial charge in [0.25, 0.3) is 0 Å². The molecule has 2 nitrogen and oxygen atoms in total. The smallest absolute Gasteiger partial charge is 0.228 e. The van der Waals surface area contributed by atoms with Crippen molar-refractivity contribution in [3.63, 3.8) is 0 Å². The summed E-state index contributed by atoms with van der Waals surface area (Å²) in [5.74, 6) is 0.595. The van der Waals surface area contributed by atoms with Crippen molar-refractivity contribution in [1.82, 2.24) is 0 Å². The Bertz CT molecular complexity index is 570. The second-order valence-corrected chi connectivity index (χ2v) is 3.94. The van der Waals surface area contributed by atoms with Crippen LogP contribution in [0.3, 0.4) is 0 Å². The third-order valence-corrected chi connectivity index (χ3v) is 2.73. The molecule has 0 unspecified atom stereocenters. The number of ether oxygens (including phenoxy) is 1. The summed E-state index contributed by atoms with van der Waals surface area (Å²) in [6, 6.07) is 13.1. The van der Waals surface area contributed by atoms with Gasteiger partial charge in [0.1, 0.15) is 5.75 Å². The van der Waals surface area contributed by atoms with Crippen LogP contribution in [0.4, 0.5) is 5.69 Å². The summed E-state index contributed by atoms with van der Waals surface area (Å²) in [5.41, 5.74) is 2.52. The van der Waals surface area contributed by atoms with Gasteiger partial charge in [-0.2, -0.15) is 0 Å². The first-order valence-electron chi connectivity index (χ1n) is 5.06. The molecule has 0 spiro atoms. The number of methoxy groups -OCH3 is 1. The van der Waals surface area contributed by atoms with Gasteiger partial charge in [-0.25, -0.2) is 4.85 Å². The fourth-order valence-electron chi connectivity index (χ4n) is 1.60. The van der Waals surface area contributed by atoms with Crippen molar-refractivity contribution < 1.29 is 4.74 Å². The van der Waals surface area contributed by atoms with Crippen LogP contribution in [0.1, 0.15) is 0 Å². The van der Waals surface area contributed by atoms with E-state index in [1.807, 2.05) is 36.4 Å². The van der Waals surface area contributed by atoms with Crippen LogP contribution in [0, 0.1) is 6.57 Å². The molecule has 2 rings (SSSR count). The summed E-state index contributed by atoms with van der Waals surface area (Å²) >= 11 is 5.84. The highest BCUT2D eigenvalue weighted by Crippen LogP contribution is 2.32. The minimum absolute atomic E-state index is 0.514. The molecule has 0 saturated heterocycles. The molecular formula is C14H10ClNO. The Balaban J connectivity index is 2.47. The molecule has 84 valence electrons. The maximum absolute atomic E-state index is 7.11. The molecule has 0 heterocycles. The van der Waals surface area contributed by atoms with Crippen LogP contribution in [0.25, 0.3) is 16.0 Å². The zero-order chi connectivity index (χ0) is 12.3. The van der Waals surface area contributed by atoms with E-state index >= 15 is 0 Å². The van der Waals surface area contributed by atoms with E-state index in [4.69, 9.17) is 22.9 Å². The molecule has 0 amide bonds. The average molecular weight is 244 g/mol. The zero-order valence-electron chi connectivity index (χ0n) is 9.27. The Morgan fingerprint density at radius 2 is 1.71 bits per heavy atom. The molecule has 0 aliphatic carbocycles. The maximum atomic E-state index is 7.11. The quantitative estimate of drug-likeness (QED) is 0.705. The highest BCUT2D eigenvalue weighted by atomic mass is 35.5. The van der Waals surface area contributed by atoms with Crippen LogP contribution in [-0.4, -0.2) is 7.11 Å². The largest absolute Gasteiger partial charge is 0.508 e. The van der Waals surface area contributed by atoms with Gasteiger partial charge in [-0.15, -0.1) is 0 Å². The lowest BCUT2D eigenvalue weighted by Crippen LogP contribution is -1.84. The topological polar surface area (TPSA) is 13.6 Å². The van der Waals surface area contributed by atoms with Crippen molar-refractivity contribution in [1.29, 1.82) is 0 Å². The lowest BCUT2D eigenvalue weighted by molar-refractivity contribution is 0.417. The molecule has 0 aromatic heterocycles. The highest BCUT2D eigenvalue weighted by molar-refractivity contribution is 6.30. The van der Waals surface area contributed by atoms with Crippen molar-refractivity contribution in [3.8, 4) is 16.9 Å². The normalized spacial score (nSPS) is 9.71. The fraction of sp³-hybridized carbons (Fsp3) is 0.0714. The van der Waals surface area contributed by atoms with E-state index in [2.05, 4.69) is 4.85 Å². The van der Waals surface area contributed by atoms with E-state index in [1.165, 1.54) is 0 Å². The van der Waals surface area contributed by atoms with Gasteiger partial charge in [0.05, 0.1) is 13.7 Å². The van der Waals surface area contributed by atoms with Crippen molar-refractivity contribution >= 4 is 17.3 Å². The molecule has 0 radical (unpaired) electrons. The van der Waals surface area contributed by atoms with E-state index in [0.717, 1.165) is 11.1 Å². The first-order valence-corrected chi connectivity index (χ1v) is 5.44. The summed E-state index contributed by atoms with van der Waals surface area (Å²) in [5, 5.41) is 0.702. The number of benzene rings is 2. The van der Waals surface area contributed by atoms with E-state index < -0.39 is 0 Å². The van der Waals surface area contributed by atoms with Gasteiger partial charge in [0.15, 0.2) is 0 Å². The van der Waals surface area contributed by atoms with Crippen LogP contribution in [-0.2, 0) is 0 Å². The monoisotopic (exact) mass is 243 g/mol. The fourth-order valence-corrected chi connectivity index (χ4v) is 1.73. The van der Waals surface area contributed by atoms with Crippen molar-refractivity contribution in [3.05, 3.63) is 58.9 Å². The predicted octanol–water partition coefficient (Wildman–Crippen LogP) is 4.57. The first kappa shape index (κ1) is 11.5. The van der Waals surface area contributed by atoms with Crippen molar-refractivity contribution in [2.24, 2.45) is 0 Å². The summed E-state index contributed by atoms with van der Waals surface area (Å²) in [6.07, 6.45) is 0. The van der Waals surface area contributed by atoms with Gasteiger partial charge in [-0.05, 0) is 35.4 Å². The summed E-state index contributed by atoms with van der Waals surface area (Å²) in [6.45, 7) is 7.11. The van der Waals surface area contributed by atoms with Crippen LogP contribution < -0.4 is 4.74 Å². The molecule has 0 saturated carbocycles. The van der Waals surface area contributed by atoms with E-state index in [-0.39, 0.29) is 0 Å². The van der Waals surface area contributed by atoms with Gasteiger partial charge < -0.3 is 4.74 Å². The minimum atomic E-state index is 0.514. The third-order valence-electron chi connectivity index (χ3n) is 2.48. The number of hydrogen-bond donors (Lipinski definition) is 0. The second kappa shape index (κ2) is 4.90. The Labute approximate surface area is 105 Å². The molecule has 0 aliphatic heterocycles. The predicted molar refractivity (Wildman–Crippen MR) is 69.7 cm³/mol. The molecule has 0 bridgehead atoms. The summed E-state index contributed by atoms with van der Waals surface area (Å²) in [4.78, 5) is 3.44. The van der Waals surface area contributed by atoms with Gasteiger partial charge in [0.2, 0.25) is 5.69 Å². The van der Waals surface area contributed by atoms with Crippen LogP contribution in [0.15, 0.2) is 42.5 Å². The number of nitrogens with zero attached hydrogens (tertiary/aromatic N) is 1. The molecule has 0 atom stereocenters. The molecule has 2 aromatic carbocycles. The van der Waals surface area contributed by atoms with E-state index in [0.29, 0.717) is 16.5 Å². The summed E-state index contributed by atoms with van der Waals surface area (Å²) < 4.78 is 5.11. The Morgan fingerprint density at radius 3 is 2.29 bits per heavy atom. The van der Waals surface area contributed by atoms with Crippen LogP contribution in [0.2, 0.25) is 5.02 Å². The SMILES string of the molecule is [C-]#[N+]c1cc(-c2ccc(Cl)cc2)ccc1OC. The Morgan fingerprint density at radius 1 is 1.06 bits per heavy atom. The average Bonchev–Trinajstić information content (AvgIpc) is 2.39. The Hall–Kier alpha value is -1.98. The van der Waals surface area contributed by atoms with Crippen molar-refractivity contribution in [2.75, 3.05) is 7.11 Å². The minimum Gasteiger partial charge on any atom is -0.508 e. The lowest BCUT2D eigenvalue weighted by Gasteiger charge is -2.06. The molecular weight excluding hydrogens is 234 g/mol. The van der Waals surface area contributed by atoms with Gasteiger partial charge in [-0.1, -0.05) is 29.8 Å². The number of hydrogen-bond acceptors (Lipinski definition) is 1. The zero-order valence-corrected chi connectivity index (χ0v) is 10.0. The molecule has 3 heteroatoms. The highest BCUT2D eigenvalue weighted by Gasteiger charge is 2.05.